The molecule has 138 valence electrons. The molecule has 0 fully saturated rings. The van der Waals surface area contributed by atoms with Crippen molar-refractivity contribution in [2.24, 2.45) is 0 Å². The van der Waals surface area contributed by atoms with Crippen LogP contribution in [-0.2, 0) is 11.3 Å². The lowest BCUT2D eigenvalue weighted by molar-refractivity contribution is -0.113. The smallest absolute Gasteiger partial charge is 0.234 e. The number of carbonyl (C=O) groups excluding carboxylic acids is 1. The first-order valence-electron chi connectivity index (χ1n) is 8.37. The molecule has 0 radical (unpaired) electrons. The van der Waals surface area contributed by atoms with Gasteiger partial charge in [0.25, 0.3) is 0 Å². The molecule has 0 spiro atoms. The van der Waals surface area contributed by atoms with E-state index in [0.717, 1.165) is 17.0 Å². The van der Waals surface area contributed by atoms with Crippen LogP contribution in [0.1, 0.15) is 5.56 Å². The SMILES string of the molecule is C=CCn1c(SCC(=O)Nc2ccc(C)c(Cl)c2)nnc1-c1ccccc1. The molecular weight excluding hydrogens is 380 g/mol. The van der Waals surface area contributed by atoms with Gasteiger partial charge in [-0.2, -0.15) is 0 Å². The Labute approximate surface area is 167 Å². The van der Waals surface area contributed by atoms with Crippen LogP contribution < -0.4 is 5.32 Å². The molecule has 5 nitrogen and oxygen atoms in total. The quantitative estimate of drug-likeness (QED) is 0.457. The molecule has 0 bridgehead atoms. The van der Waals surface area contributed by atoms with Gasteiger partial charge in [-0.25, -0.2) is 0 Å². The highest BCUT2D eigenvalue weighted by atomic mass is 35.5. The Hall–Kier alpha value is -2.57. The summed E-state index contributed by atoms with van der Waals surface area (Å²) in [5, 5.41) is 12.7. The molecule has 0 unspecified atom stereocenters. The highest BCUT2D eigenvalue weighted by Gasteiger charge is 2.15. The Morgan fingerprint density at radius 2 is 2.04 bits per heavy atom. The number of aromatic nitrogens is 3. The molecule has 1 heterocycles. The zero-order valence-corrected chi connectivity index (χ0v) is 16.4. The zero-order chi connectivity index (χ0) is 19.2. The maximum Gasteiger partial charge on any atom is 0.234 e. The van der Waals surface area contributed by atoms with Gasteiger partial charge >= 0.3 is 0 Å². The minimum absolute atomic E-state index is 0.130. The minimum atomic E-state index is -0.130. The lowest BCUT2D eigenvalue weighted by Gasteiger charge is -2.09. The van der Waals surface area contributed by atoms with Crippen LogP contribution in [0.15, 0.2) is 66.3 Å². The number of carbonyl (C=O) groups is 1. The Morgan fingerprint density at radius 3 is 2.74 bits per heavy atom. The van der Waals surface area contributed by atoms with E-state index >= 15 is 0 Å². The van der Waals surface area contributed by atoms with Gasteiger partial charge in [-0.05, 0) is 24.6 Å². The van der Waals surface area contributed by atoms with Crippen LogP contribution in [0, 0.1) is 6.92 Å². The minimum Gasteiger partial charge on any atom is -0.325 e. The van der Waals surface area contributed by atoms with Gasteiger partial charge in [-0.1, -0.05) is 65.8 Å². The van der Waals surface area contributed by atoms with Gasteiger partial charge < -0.3 is 5.32 Å². The van der Waals surface area contributed by atoms with E-state index in [4.69, 9.17) is 11.6 Å². The van der Waals surface area contributed by atoms with Gasteiger partial charge in [0.2, 0.25) is 5.91 Å². The number of rotatable bonds is 7. The average molecular weight is 399 g/mol. The van der Waals surface area contributed by atoms with E-state index < -0.39 is 0 Å². The third kappa shape index (κ3) is 4.78. The van der Waals surface area contributed by atoms with Crippen molar-refractivity contribution in [1.82, 2.24) is 14.8 Å². The number of aryl methyl sites for hydroxylation is 1. The van der Waals surface area contributed by atoms with E-state index in [1.165, 1.54) is 11.8 Å². The van der Waals surface area contributed by atoms with Crippen molar-refractivity contribution in [3.8, 4) is 11.4 Å². The van der Waals surface area contributed by atoms with Crippen molar-refractivity contribution in [2.45, 2.75) is 18.6 Å². The molecule has 0 atom stereocenters. The van der Waals surface area contributed by atoms with Crippen molar-refractivity contribution in [2.75, 3.05) is 11.1 Å². The first kappa shape index (κ1) is 19.2. The fourth-order valence-corrected chi connectivity index (χ4v) is 3.42. The van der Waals surface area contributed by atoms with E-state index in [2.05, 4.69) is 22.1 Å². The molecule has 27 heavy (non-hydrogen) atoms. The number of thioether (sulfide) groups is 1. The monoisotopic (exact) mass is 398 g/mol. The number of allylic oxidation sites excluding steroid dienone is 1. The molecule has 0 aliphatic heterocycles. The van der Waals surface area contributed by atoms with E-state index in [-0.39, 0.29) is 11.7 Å². The highest BCUT2D eigenvalue weighted by molar-refractivity contribution is 7.99. The van der Waals surface area contributed by atoms with Gasteiger partial charge in [0.05, 0.1) is 5.75 Å². The van der Waals surface area contributed by atoms with E-state index in [0.29, 0.717) is 22.4 Å². The summed E-state index contributed by atoms with van der Waals surface area (Å²) < 4.78 is 1.95. The molecule has 1 amide bonds. The number of nitrogens with one attached hydrogen (secondary N) is 1. The molecule has 0 saturated heterocycles. The van der Waals surface area contributed by atoms with Crippen LogP contribution in [0.25, 0.3) is 11.4 Å². The Bertz CT molecular complexity index is 956. The molecule has 7 heteroatoms. The van der Waals surface area contributed by atoms with Crippen LogP contribution in [0.4, 0.5) is 5.69 Å². The maximum atomic E-state index is 12.3. The van der Waals surface area contributed by atoms with Crippen LogP contribution in [0.2, 0.25) is 5.02 Å². The predicted molar refractivity (Wildman–Crippen MR) is 111 cm³/mol. The van der Waals surface area contributed by atoms with E-state index in [1.54, 1.807) is 12.1 Å². The number of amides is 1. The molecular formula is C20H19ClN4OS. The normalized spacial score (nSPS) is 10.6. The first-order chi connectivity index (χ1) is 13.1. The number of nitrogens with zero attached hydrogens (tertiary/aromatic N) is 3. The van der Waals surface area contributed by atoms with E-state index in [9.17, 15) is 4.79 Å². The standard InChI is InChI=1S/C20H19ClN4OS/c1-3-11-25-19(15-7-5-4-6-8-15)23-24-20(25)27-13-18(26)22-16-10-9-14(2)17(21)12-16/h3-10,12H,1,11,13H2,2H3,(H,22,26). The van der Waals surface area contributed by atoms with Crippen molar-refractivity contribution in [3.05, 3.63) is 71.8 Å². The van der Waals surface area contributed by atoms with Crippen LogP contribution in [0.3, 0.4) is 0 Å². The molecule has 0 aliphatic carbocycles. The topological polar surface area (TPSA) is 59.8 Å². The summed E-state index contributed by atoms with van der Waals surface area (Å²) in [7, 11) is 0. The molecule has 3 rings (SSSR count). The summed E-state index contributed by atoms with van der Waals surface area (Å²) in [6.07, 6.45) is 1.79. The van der Waals surface area contributed by atoms with Crippen LogP contribution in [-0.4, -0.2) is 26.4 Å². The van der Waals surface area contributed by atoms with Crippen molar-refractivity contribution >= 4 is 35.0 Å². The van der Waals surface area contributed by atoms with Crippen LogP contribution in [0.5, 0.6) is 0 Å². The molecule has 0 aliphatic rings. The summed E-state index contributed by atoms with van der Waals surface area (Å²) in [4.78, 5) is 12.3. The van der Waals surface area contributed by atoms with Crippen molar-refractivity contribution in [3.63, 3.8) is 0 Å². The van der Waals surface area contributed by atoms with Gasteiger partial charge in [-0.15, -0.1) is 16.8 Å². The van der Waals surface area contributed by atoms with Crippen molar-refractivity contribution < 1.29 is 4.79 Å². The third-order valence-corrected chi connectivity index (χ3v) is 5.22. The first-order valence-corrected chi connectivity index (χ1v) is 9.73. The molecule has 1 N–H and O–H groups in total. The summed E-state index contributed by atoms with van der Waals surface area (Å²) in [6.45, 7) is 6.28. The fourth-order valence-electron chi connectivity index (χ4n) is 2.49. The molecule has 2 aromatic carbocycles. The predicted octanol–water partition coefficient (Wildman–Crippen LogP) is 4.82. The van der Waals surface area contributed by atoms with Crippen molar-refractivity contribution in [1.29, 1.82) is 0 Å². The number of anilines is 1. The second kappa shape index (κ2) is 8.88. The largest absolute Gasteiger partial charge is 0.325 e. The molecule has 3 aromatic rings. The van der Waals surface area contributed by atoms with Crippen LogP contribution >= 0.6 is 23.4 Å². The summed E-state index contributed by atoms with van der Waals surface area (Å²) in [6, 6.07) is 15.3. The Balaban J connectivity index is 1.70. The second-order valence-corrected chi connectivity index (χ2v) is 7.22. The molecule has 0 saturated carbocycles. The van der Waals surface area contributed by atoms with Gasteiger partial charge in [0, 0.05) is 22.8 Å². The lowest BCUT2D eigenvalue weighted by Crippen LogP contribution is -2.14. The van der Waals surface area contributed by atoms with Gasteiger partial charge in [0.1, 0.15) is 0 Å². The average Bonchev–Trinajstić information content (AvgIpc) is 3.07. The number of hydrogen-bond donors (Lipinski definition) is 1. The van der Waals surface area contributed by atoms with Gasteiger partial charge in [0.15, 0.2) is 11.0 Å². The lowest BCUT2D eigenvalue weighted by atomic mass is 10.2. The fraction of sp³-hybridized carbons (Fsp3) is 0.150. The Morgan fingerprint density at radius 1 is 1.26 bits per heavy atom. The van der Waals surface area contributed by atoms with Gasteiger partial charge in [-0.3, -0.25) is 9.36 Å². The highest BCUT2D eigenvalue weighted by Crippen LogP contribution is 2.24. The number of halogens is 1. The number of benzene rings is 2. The maximum absolute atomic E-state index is 12.3. The summed E-state index contributed by atoms with van der Waals surface area (Å²) in [5.41, 5.74) is 2.61. The summed E-state index contributed by atoms with van der Waals surface area (Å²) >= 11 is 7.43. The Kier molecular flexibility index (Phi) is 6.32. The third-order valence-electron chi connectivity index (χ3n) is 3.85. The number of hydrogen-bond acceptors (Lipinski definition) is 4. The summed E-state index contributed by atoms with van der Waals surface area (Å²) in [5.74, 6) is 0.841. The zero-order valence-electron chi connectivity index (χ0n) is 14.9. The van der Waals surface area contributed by atoms with E-state index in [1.807, 2.05) is 54.0 Å². The molecule has 1 aromatic heterocycles. The second-order valence-electron chi connectivity index (χ2n) is 5.87.